The number of nitrogens with zero attached hydrogens (tertiary/aromatic N) is 3. The van der Waals surface area contributed by atoms with Crippen molar-refractivity contribution in [2.24, 2.45) is 17.6 Å². The fourth-order valence-corrected chi connectivity index (χ4v) is 7.69. The third-order valence-electron chi connectivity index (χ3n) is 6.89. The zero-order chi connectivity index (χ0) is 26.2. The number of thioether (sulfide) groups is 2. The van der Waals surface area contributed by atoms with Gasteiger partial charge in [0.25, 0.3) is 0 Å². The number of imide groups is 1. The Morgan fingerprint density at radius 3 is 2.54 bits per heavy atom. The molecular weight excluding hydrogens is 494 g/mol. The number of nitrogens with one attached hydrogen (secondary N) is 1. The standard InChI is InChI=1S/C22H33N5O6S2/c1-10-17-16(11(2)28)20(30)27(17)18(21(31)32)19(10)35-14-7-13(26(8-14)12(3)23)9-34-6-5-15(29)25(4)22(24)33/h10-11,13-14,16-17,23,28H,5-9H2,1-4H3,(H2,24,33)(H,31,32)/t10-,11-,13+,14+,16-,17-/m1/s1. The normalized spacial score (nSPS) is 28.6. The van der Waals surface area contributed by atoms with E-state index in [4.69, 9.17) is 11.1 Å². The van der Waals surface area contributed by atoms with E-state index in [2.05, 4.69) is 0 Å². The maximum Gasteiger partial charge on any atom is 0.353 e. The minimum atomic E-state index is -1.14. The molecule has 0 aromatic carbocycles. The summed E-state index contributed by atoms with van der Waals surface area (Å²) in [5, 5.41) is 28.1. The van der Waals surface area contributed by atoms with Crippen molar-refractivity contribution in [3.05, 3.63) is 10.6 Å². The molecule has 2 saturated heterocycles. The third kappa shape index (κ3) is 5.31. The number of aliphatic hydroxyl groups is 1. The Morgan fingerprint density at radius 1 is 1.34 bits per heavy atom. The Bertz CT molecular complexity index is 957. The van der Waals surface area contributed by atoms with Gasteiger partial charge in [-0.15, -0.1) is 11.8 Å². The molecule has 0 radical (unpaired) electrons. The lowest BCUT2D eigenvalue weighted by atomic mass is 9.79. The summed E-state index contributed by atoms with van der Waals surface area (Å²) in [5.41, 5.74) is 5.13. The average molecular weight is 528 g/mol. The second-order valence-electron chi connectivity index (χ2n) is 9.25. The van der Waals surface area contributed by atoms with Crippen LogP contribution in [0.25, 0.3) is 0 Å². The number of rotatable bonds is 9. The van der Waals surface area contributed by atoms with Gasteiger partial charge >= 0.3 is 12.0 Å². The molecule has 0 aliphatic carbocycles. The first-order valence-corrected chi connectivity index (χ1v) is 13.5. The first-order valence-electron chi connectivity index (χ1n) is 11.5. The summed E-state index contributed by atoms with van der Waals surface area (Å²) in [4.78, 5) is 52.5. The van der Waals surface area contributed by atoms with Crippen LogP contribution in [0.4, 0.5) is 4.79 Å². The molecule has 3 aliphatic rings. The van der Waals surface area contributed by atoms with Crippen LogP contribution >= 0.6 is 23.5 Å². The van der Waals surface area contributed by atoms with E-state index in [0.29, 0.717) is 28.8 Å². The summed E-state index contributed by atoms with van der Waals surface area (Å²) in [6.45, 7) is 5.76. The zero-order valence-electron chi connectivity index (χ0n) is 20.3. The zero-order valence-corrected chi connectivity index (χ0v) is 21.9. The van der Waals surface area contributed by atoms with Crippen molar-refractivity contribution in [1.29, 1.82) is 5.41 Å². The highest BCUT2D eigenvalue weighted by Crippen LogP contribution is 2.52. The molecule has 0 saturated carbocycles. The van der Waals surface area contributed by atoms with Crippen LogP contribution in [0.2, 0.25) is 0 Å². The molecule has 3 aliphatic heterocycles. The molecule has 0 aromatic heterocycles. The maximum absolute atomic E-state index is 12.6. The van der Waals surface area contributed by atoms with Gasteiger partial charge in [0.05, 0.1) is 23.9 Å². The van der Waals surface area contributed by atoms with Crippen LogP contribution in [0.15, 0.2) is 10.6 Å². The van der Waals surface area contributed by atoms with E-state index >= 15 is 0 Å². The molecule has 11 nitrogen and oxygen atoms in total. The van der Waals surface area contributed by atoms with Gasteiger partial charge in [-0.2, -0.15) is 11.8 Å². The van der Waals surface area contributed by atoms with Gasteiger partial charge in [-0.25, -0.2) is 9.59 Å². The van der Waals surface area contributed by atoms with Crippen molar-refractivity contribution in [1.82, 2.24) is 14.7 Å². The van der Waals surface area contributed by atoms with Gasteiger partial charge in [-0.3, -0.25) is 19.9 Å². The molecule has 4 amide bonds. The number of carboxylic acids is 1. The molecule has 2 fully saturated rings. The van der Waals surface area contributed by atoms with E-state index in [9.17, 15) is 29.4 Å². The fourth-order valence-electron chi connectivity index (χ4n) is 5.06. The number of aliphatic carboxylic acids is 1. The Kier molecular flexibility index (Phi) is 8.43. The van der Waals surface area contributed by atoms with E-state index in [0.717, 1.165) is 11.3 Å². The lowest BCUT2D eigenvalue weighted by molar-refractivity contribution is -0.163. The summed E-state index contributed by atoms with van der Waals surface area (Å²) >= 11 is 3.02. The molecule has 0 bridgehead atoms. The summed E-state index contributed by atoms with van der Waals surface area (Å²) in [6.07, 6.45) is 0.0646. The SMILES string of the molecule is CC(=N)N1C[C@@H](SC2=C(C(=O)O)N3C(=O)[C@H]([C@@H](C)O)[C@H]3[C@H]2C)C[C@H]1CSCCC(=O)N(C)C(N)=O. The molecule has 13 heteroatoms. The van der Waals surface area contributed by atoms with Crippen LogP contribution in [0.3, 0.4) is 0 Å². The molecule has 6 atom stereocenters. The number of aliphatic hydroxyl groups excluding tert-OH is 1. The number of carbonyl (C=O) groups excluding carboxylic acids is 3. The van der Waals surface area contributed by atoms with Gasteiger partial charge in [0, 0.05) is 53.6 Å². The first kappa shape index (κ1) is 27.3. The van der Waals surface area contributed by atoms with E-state index < -0.39 is 24.0 Å². The molecule has 3 heterocycles. The van der Waals surface area contributed by atoms with Crippen molar-refractivity contribution in [2.45, 2.75) is 57.1 Å². The van der Waals surface area contributed by atoms with Crippen LogP contribution in [0, 0.1) is 17.2 Å². The number of primary amides is 1. The predicted molar refractivity (Wildman–Crippen MR) is 134 cm³/mol. The molecule has 5 N–H and O–H groups in total. The lowest BCUT2D eigenvalue weighted by Gasteiger charge is -2.46. The van der Waals surface area contributed by atoms with Gasteiger partial charge < -0.3 is 25.7 Å². The molecule has 3 rings (SSSR count). The molecule has 0 aromatic rings. The second kappa shape index (κ2) is 10.8. The molecule has 194 valence electrons. The molecule has 35 heavy (non-hydrogen) atoms. The number of likely N-dealkylation sites (tertiary alicyclic amines) is 1. The number of hydrogen-bond acceptors (Lipinski definition) is 8. The fraction of sp³-hybridized carbons (Fsp3) is 0.682. The molecule has 0 spiro atoms. The smallest absolute Gasteiger partial charge is 0.353 e. The predicted octanol–water partition coefficient (Wildman–Crippen LogP) is 0.974. The van der Waals surface area contributed by atoms with Crippen LogP contribution in [-0.2, 0) is 14.4 Å². The number of fused-ring (bicyclic) bond motifs is 1. The van der Waals surface area contributed by atoms with Crippen molar-refractivity contribution < 1.29 is 29.4 Å². The van der Waals surface area contributed by atoms with Crippen LogP contribution in [0.1, 0.15) is 33.6 Å². The van der Waals surface area contributed by atoms with E-state index in [1.54, 1.807) is 25.6 Å². The summed E-state index contributed by atoms with van der Waals surface area (Å²) < 4.78 is 0. The quantitative estimate of drug-likeness (QED) is 0.148. The summed E-state index contributed by atoms with van der Waals surface area (Å²) in [6, 6.07) is -1.09. The topological polar surface area (TPSA) is 168 Å². The third-order valence-corrected chi connectivity index (χ3v) is 9.49. The highest BCUT2D eigenvalue weighted by molar-refractivity contribution is 8.03. The van der Waals surface area contributed by atoms with Gasteiger partial charge in [0.2, 0.25) is 11.8 Å². The van der Waals surface area contributed by atoms with Crippen LogP contribution in [-0.4, -0.2) is 103 Å². The second-order valence-corrected chi connectivity index (χ2v) is 11.7. The number of amidine groups is 1. The van der Waals surface area contributed by atoms with E-state index in [1.165, 1.54) is 23.7 Å². The van der Waals surface area contributed by atoms with Crippen molar-refractivity contribution in [3.8, 4) is 0 Å². The highest BCUT2D eigenvalue weighted by Gasteiger charge is 2.60. The molecule has 0 unspecified atom stereocenters. The average Bonchev–Trinajstić information content (AvgIpc) is 3.28. The minimum Gasteiger partial charge on any atom is -0.477 e. The van der Waals surface area contributed by atoms with E-state index in [-0.39, 0.29) is 47.2 Å². The highest BCUT2D eigenvalue weighted by atomic mass is 32.2. The number of carbonyl (C=O) groups is 4. The number of urea groups is 1. The largest absolute Gasteiger partial charge is 0.477 e. The number of amides is 4. The monoisotopic (exact) mass is 527 g/mol. The van der Waals surface area contributed by atoms with Gasteiger partial charge in [-0.1, -0.05) is 6.92 Å². The van der Waals surface area contributed by atoms with Crippen LogP contribution < -0.4 is 5.73 Å². The lowest BCUT2D eigenvalue weighted by Crippen LogP contribution is -2.63. The van der Waals surface area contributed by atoms with Crippen LogP contribution in [0.5, 0.6) is 0 Å². The Morgan fingerprint density at radius 2 is 2.00 bits per heavy atom. The van der Waals surface area contributed by atoms with Crippen molar-refractivity contribution in [3.63, 3.8) is 0 Å². The van der Waals surface area contributed by atoms with Gasteiger partial charge in [-0.05, 0) is 20.3 Å². The van der Waals surface area contributed by atoms with Gasteiger partial charge in [0.15, 0.2) is 0 Å². The Labute approximate surface area is 212 Å². The van der Waals surface area contributed by atoms with E-state index in [1.807, 2.05) is 11.8 Å². The molecular formula is C22H33N5O6S2. The summed E-state index contributed by atoms with van der Waals surface area (Å²) in [7, 11) is 1.35. The Balaban J connectivity index is 1.64. The number of β-lactam (4-membered cyclic amide) rings is 1. The number of carboxylic acid groups (broad SMARTS) is 1. The first-order chi connectivity index (χ1) is 16.4. The van der Waals surface area contributed by atoms with Gasteiger partial charge in [0.1, 0.15) is 5.70 Å². The minimum absolute atomic E-state index is 0.0161. The number of nitrogens with two attached hydrogens (primary N) is 1. The summed E-state index contributed by atoms with van der Waals surface area (Å²) in [5.74, 6) is -1.01. The van der Waals surface area contributed by atoms with Crippen molar-refractivity contribution >= 4 is 53.2 Å². The Hall–Kier alpha value is -2.25. The number of hydrogen-bond donors (Lipinski definition) is 4. The van der Waals surface area contributed by atoms with Crippen molar-refractivity contribution in [2.75, 3.05) is 25.1 Å². The maximum atomic E-state index is 12.6.